The van der Waals surface area contributed by atoms with Gasteiger partial charge in [0, 0.05) is 13.1 Å². The van der Waals surface area contributed by atoms with Crippen LogP contribution in [0.1, 0.15) is 51.9 Å². The number of aliphatic hydroxyl groups is 1. The molecule has 0 aromatic heterocycles. The Morgan fingerprint density at radius 2 is 1.76 bits per heavy atom. The molecule has 0 bridgehead atoms. The summed E-state index contributed by atoms with van der Waals surface area (Å²) in [6.07, 6.45) is 8.77. The summed E-state index contributed by atoms with van der Waals surface area (Å²) in [7, 11) is 4.49. The van der Waals surface area contributed by atoms with Crippen LogP contribution in [0, 0.1) is 17.8 Å². The molecule has 1 aliphatic heterocycles. The van der Waals surface area contributed by atoms with Gasteiger partial charge in [-0.1, -0.05) is 19.8 Å². The highest BCUT2D eigenvalue weighted by Crippen LogP contribution is 2.32. The predicted octanol–water partition coefficient (Wildman–Crippen LogP) is 2.84. The number of rotatable bonds is 6. The Balaban J connectivity index is 1.73. The van der Waals surface area contributed by atoms with Gasteiger partial charge in [0.2, 0.25) is 0 Å². The molecule has 0 radical (unpaired) electrons. The van der Waals surface area contributed by atoms with Crippen molar-refractivity contribution in [3.63, 3.8) is 0 Å². The highest BCUT2D eigenvalue weighted by molar-refractivity contribution is 4.82. The van der Waals surface area contributed by atoms with Crippen molar-refractivity contribution in [1.82, 2.24) is 9.80 Å². The van der Waals surface area contributed by atoms with Crippen molar-refractivity contribution in [2.45, 2.75) is 58.0 Å². The zero-order valence-electron chi connectivity index (χ0n) is 14.4. The molecule has 2 fully saturated rings. The Morgan fingerprint density at radius 3 is 2.43 bits per heavy atom. The molecule has 3 heteroatoms. The molecule has 3 unspecified atom stereocenters. The number of hydrogen-bond acceptors (Lipinski definition) is 3. The molecular formula is C18H36N2O. The lowest BCUT2D eigenvalue weighted by atomic mass is 9.77. The van der Waals surface area contributed by atoms with Crippen molar-refractivity contribution in [2.75, 3.05) is 40.3 Å². The van der Waals surface area contributed by atoms with Crippen LogP contribution in [0.2, 0.25) is 0 Å². The molecule has 0 amide bonds. The average molecular weight is 296 g/mol. The van der Waals surface area contributed by atoms with Crippen LogP contribution in [-0.4, -0.2) is 61.3 Å². The van der Waals surface area contributed by atoms with Crippen LogP contribution in [0.5, 0.6) is 0 Å². The van der Waals surface area contributed by atoms with Gasteiger partial charge in [0.1, 0.15) is 0 Å². The maximum atomic E-state index is 10.3. The molecule has 3 atom stereocenters. The van der Waals surface area contributed by atoms with Gasteiger partial charge in [0.05, 0.1) is 6.10 Å². The second kappa shape index (κ2) is 8.50. The molecule has 1 saturated carbocycles. The summed E-state index contributed by atoms with van der Waals surface area (Å²) in [6, 6.07) is 0. The Hall–Kier alpha value is -0.120. The normalized spacial score (nSPS) is 32.7. The largest absolute Gasteiger partial charge is 0.393 e. The monoisotopic (exact) mass is 296 g/mol. The van der Waals surface area contributed by atoms with Gasteiger partial charge < -0.3 is 14.9 Å². The van der Waals surface area contributed by atoms with Crippen molar-refractivity contribution >= 4 is 0 Å². The third kappa shape index (κ3) is 5.54. The molecule has 2 aliphatic rings. The van der Waals surface area contributed by atoms with Crippen molar-refractivity contribution in [3.8, 4) is 0 Å². The maximum absolute atomic E-state index is 10.3. The van der Waals surface area contributed by atoms with E-state index in [1.54, 1.807) is 0 Å². The molecule has 124 valence electrons. The molecule has 0 aromatic rings. The number of hydrogen-bond donors (Lipinski definition) is 1. The van der Waals surface area contributed by atoms with E-state index >= 15 is 0 Å². The van der Waals surface area contributed by atoms with Gasteiger partial charge in [-0.2, -0.15) is 0 Å². The van der Waals surface area contributed by atoms with E-state index in [2.05, 4.69) is 30.8 Å². The van der Waals surface area contributed by atoms with Gasteiger partial charge in [0.15, 0.2) is 0 Å². The topological polar surface area (TPSA) is 26.7 Å². The zero-order chi connectivity index (χ0) is 15.2. The fourth-order valence-corrected chi connectivity index (χ4v) is 4.37. The number of likely N-dealkylation sites (tertiary alicyclic amines) is 1. The van der Waals surface area contributed by atoms with Gasteiger partial charge in [-0.3, -0.25) is 0 Å². The Bertz CT molecular complexity index is 289. The Kier molecular flexibility index (Phi) is 6.97. The molecule has 1 heterocycles. The first kappa shape index (κ1) is 17.2. The quantitative estimate of drug-likeness (QED) is 0.816. The molecule has 0 spiro atoms. The minimum atomic E-state index is -0.0574. The number of aliphatic hydroxyl groups excluding tert-OH is 1. The van der Waals surface area contributed by atoms with E-state index in [0.717, 1.165) is 24.8 Å². The van der Waals surface area contributed by atoms with Gasteiger partial charge in [0.25, 0.3) is 0 Å². The van der Waals surface area contributed by atoms with E-state index in [1.165, 1.54) is 58.2 Å². The zero-order valence-corrected chi connectivity index (χ0v) is 14.4. The summed E-state index contributed by atoms with van der Waals surface area (Å²) in [6.45, 7) is 7.10. The first-order valence-electron chi connectivity index (χ1n) is 9.13. The third-order valence-electron chi connectivity index (χ3n) is 5.70. The van der Waals surface area contributed by atoms with Crippen LogP contribution in [0.15, 0.2) is 0 Å². The first-order chi connectivity index (χ1) is 10.1. The lowest BCUT2D eigenvalue weighted by Crippen LogP contribution is -2.41. The summed E-state index contributed by atoms with van der Waals surface area (Å²) in [5.41, 5.74) is 0. The summed E-state index contributed by atoms with van der Waals surface area (Å²) in [5, 5.41) is 10.3. The predicted molar refractivity (Wildman–Crippen MR) is 89.5 cm³/mol. The van der Waals surface area contributed by atoms with Gasteiger partial charge >= 0.3 is 0 Å². The van der Waals surface area contributed by atoms with E-state index in [4.69, 9.17) is 0 Å². The van der Waals surface area contributed by atoms with E-state index in [-0.39, 0.29) is 6.10 Å². The van der Waals surface area contributed by atoms with Gasteiger partial charge in [-0.15, -0.1) is 0 Å². The van der Waals surface area contributed by atoms with Crippen LogP contribution in [0.4, 0.5) is 0 Å². The fourth-order valence-electron chi connectivity index (χ4n) is 4.37. The molecule has 1 aliphatic carbocycles. The molecule has 0 aromatic carbocycles. The molecule has 21 heavy (non-hydrogen) atoms. The summed E-state index contributed by atoms with van der Waals surface area (Å²) in [4.78, 5) is 4.94. The Morgan fingerprint density at radius 1 is 1.05 bits per heavy atom. The van der Waals surface area contributed by atoms with E-state index in [0.29, 0.717) is 5.92 Å². The smallest absolute Gasteiger partial charge is 0.0580 e. The summed E-state index contributed by atoms with van der Waals surface area (Å²) < 4.78 is 0. The SMILES string of the molecule is CCCC1CCC(O)C(CN(C)CC2CCN(C)CC2)C1. The molecule has 1 saturated heterocycles. The minimum absolute atomic E-state index is 0.0574. The number of piperidine rings is 1. The molecule has 3 nitrogen and oxygen atoms in total. The van der Waals surface area contributed by atoms with Gasteiger partial charge in [-0.25, -0.2) is 0 Å². The van der Waals surface area contributed by atoms with Crippen LogP contribution in [0.3, 0.4) is 0 Å². The summed E-state index contributed by atoms with van der Waals surface area (Å²) >= 11 is 0. The van der Waals surface area contributed by atoms with E-state index in [9.17, 15) is 5.11 Å². The van der Waals surface area contributed by atoms with Crippen molar-refractivity contribution < 1.29 is 5.11 Å². The highest BCUT2D eigenvalue weighted by Gasteiger charge is 2.30. The average Bonchev–Trinajstić information content (AvgIpc) is 2.45. The van der Waals surface area contributed by atoms with Crippen LogP contribution in [-0.2, 0) is 0 Å². The third-order valence-corrected chi connectivity index (χ3v) is 5.70. The van der Waals surface area contributed by atoms with Crippen LogP contribution in [0.25, 0.3) is 0 Å². The Labute approximate surface area is 131 Å². The van der Waals surface area contributed by atoms with Crippen LogP contribution < -0.4 is 0 Å². The summed E-state index contributed by atoms with van der Waals surface area (Å²) in [5.74, 6) is 2.23. The lowest BCUT2D eigenvalue weighted by molar-refractivity contribution is 0.0260. The van der Waals surface area contributed by atoms with Gasteiger partial charge in [-0.05, 0) is 77.0 Å². The van der Waals surface area contributed by atoms with Crippen molar-refractivity contribution in [2.24, 2.45) is 17.8 Å². The molecular weight excluding hydrogens is 260 g/mol. The van der Waals surface area contributed by atoms with E-state index in [1.807, 2.05) is 0 Å². The molecule has 1 N–H and O–H groups in total. The molecule has 2 rings (SSSR count). The number of nitrogens with zero attached hydrogens (tertiary/aromatic N) is 2. The van der Waals surface area contributed by atoms with Crippen molar-refractivity contribution in [3.05, 3.63) is 0 Å². The van der Waals surface area contributed by atoms with Crippen LogP contribution >= 0.6 is 0 Å². The lowest BCUT2D eigenvalue weighted by Gasteiger charge is -2.37. The fraction of sp³-hybridized carbons (Fsp3) is 1.00. The standard InChI is InChI=1S/C18H36N2O/c1-4-5-15-6-7-18(21)17(12-15)14-20(3)13-16-8-10-19(2)11-9-16/h15-18,21H,4-14H2,1-3H3. The second-order valence-corrected chi connectivity index (χ2v) is 7.76. The van der Waals surface area contributed by atoms with Crippen molar-refractivity contribution in [1.29, 1.82) is 0 Å². The minimum Gasteiger partial charge on any atom is -0.393 e. The van der Waals surface area contributed by atoms with E-state index < -0.39 is 0 Å². The maximum Gasteiger partial charge on any atom is 0.0580 e. The first-order valence-corrected chi connectivity index (χ1v) is 9.13. The highest BCUT2D eigenvalue weighted by atomic mass is 16.3. The second-order valence-electron chi connectivity index (χ2n) is 7.76.